The van der Waals surface area contributed by atoms with E-state index in [1.807, 2.05) is 0 Å². The second kappa shape index (κ2) is 7.84. The van der Waals surface area contributed by atoms with Crippen molar-refractivity contribution in [2.24, 2.45) is 0 Å². The van der Waals surface area contributed by atoms with E-state index in [0.717, 1.165) is 0 Å². The summed E-state index contributed by atoms with van der Waals surface area (Å²) in [7, 11) is 2.96. The van der Waals surface area contributed by atoms with Crippen molar-refractivity contribution in [3.8, 4) is 17.2 Å². The minimum atomic E-state index is -0.599. The van der Waals surface area contributed by atoms with Gasteiger partial charge in [-0.15, -0.1) is 0 Å². The molecule has 2 aromatic rings. The molecule has 0 heterocycles. The van der Waals surface area contributed by atoms with Crippen molar-refractivity contribution in [1.29, 1.82) is 0 Å². The van der Waals surface area contributed by atoms with E-state index in [4.69, 9.17) is 14.2 Å². The topological polar surface area (TPSA) is 73.9 Å². The first kappa shape index (κ1) is 16.4. The number of amides is 1. The highest BCUT2D eigenvalue weighted by Crippen LogP contribution is 2.25. The van der Waals surface area contributed by atoms with E-state index >= 15 is 0 Å². The molecule has 1 amide bonds. The number of hydrogen-bond donors (Lipinski definition) is 1. The van der Waals surface area contributed by atoms with Crippen molar-refractivity contribution in [2.45, 2.75) is 0 Å². The molecule has 0 saturated heterocycles. The molecule has 0 bridgehead atoms. The van der Waals surface area contributed by atoms with Crippen LogP contribution in [0.3, 0.4) is 0 Å². The minimum Gasteiger partial charge on any atom is -0.496 e. The van der Waals surface area contributed by atoms with Gasteiger partial charge in [-0.3, -0.25) is 4.79 Å². The summed E-state index contributed by atoms with van der Waals surface area (Å²) >= 11 is 0. The zero-order valence-corrected chi connectivity index (χ0v) is 12.9. The van der Waals surface area contributed by atoms with Crippen LogP contribution in [0.5, 0.6) is 17.2 Å². The summed E-state index contributed by atoms with van der Waals surface area (Å²) in [5.74, 6) is 0.156. The second-order valence-corrected chi connectivity index (χ2v) is 4.51. The quantitative estimate of drug-likeness (QED) is 0.652. The molecule has 0 aliphatic carbocycles. The van der Waals surface area contributed by atoms with Gasteiger partial charge in [0.05, 0.1) is 19.8 Å². The molecule has 120 valence electrons. The van der Waals surface area contributed by atoms with Crippen LogP contribution in [-0.4, -0.2) is 32.6 Å². The molecular formula is C17H17NO5. The van der Waals surface area contributed by atoms with Crippen molar-refractivity contribution in [2.75, 3.05) is 20.8 Å². The van der Waals surface area contributed by atoms with Gasteiger partial charge in [-0.1, -0.05) is 24.3 Å². The summed E-state index contributed by atoms with van der Waals surface area (Å²) in [5, 5.41) is 2.50. The third-order valence-electron chi connectivity index (χ3n) is 3.04. The lowest BCUT2D eigenvalue weighted by Crippen LogP contribution is -2.32. The lowest BCUT2D eigenvalue weighted by Gasteiger charge is -2.10. The standard InChI is InChI=1S/C17H17NO5/c1-21-13-8-4-3-7-12(13)17(20)18-11-16(19)23-15-10-6-5-9-14(15)22-2/h3-10H,11H2,1-2H3,(H,18,20). The second-order valence-electron chi connectivity index (χ2n) is 4.51. The maximum Gasteiger partial charge on any atom is 0.330 e. The fraction of sp³-hybridized carbons (Fsp3) is 0.176. The number of esters is 1. The van der Waals surface area contributed by atoms with Crippen LogP contribution in [0, 0.1) is 0 Å². The summed E-state index contributed by atoms with van der Waals surface area (Å²) in [6, 6.07) is 13.5. The molecule has 1 N–H and O–H groups in total. The van der Waals surface area contributed by atoms with Gasteiger partial charge in [-0.2, -0.15) is 0 Å². The predicted molar refractivity (Wildman–Crippen MR) is 84.0 cm³/mol. The van der Waals surface area contributed by atoms with Gasteiger partial charge in [0, 0.05) is 0 Å². The lowest BCUT2D eigenvalue weighted by atomic mass is 10.2. The largest absolute Gasteiger partial charge is 0.496 e. The molecule has 0 aromatic heterocycles. The first-order chi connectivity index (χ1) is 11.2. The summed E-state index contributed by atoms with van der Waals surface area (Å²) in [4.78, 5) is 23.9. The minimum absolute atomic E-state index is 0.269. The molecule has 0 aliphatic rings. The van der Waals surface area contributed by atoms with Crippen molar-refractivity contribution in [3.63, 3.8) is 0 Å². The van der Waals surface area contributed by atoms with E-state index < -0.39 is 11.9 Å². The van der Waals surface area contributed by atoms with Crippen molar-refractivity contribution in [1.82, 2.24) is 5.32 Å². The molecule has 0 fully saturated rings. The molecular weight excluding hydrogens is 298 g/mol. The monoisotopic (exact) mass is 315 g/mol. The van der Waals surface area contributed by atoms with Crippen LogP contribution < -0.4 is 19.5 Å². The number of hydrogen-bond acceptors (Lipinski definition) is 5. The Kier molecular flexibility index (Phi) is 5.57. The van der Waals surface area contributed by atoms with Crippen molar-refractivity contribution in [3.05, 3.63) is 54.1 Å². The van der Waals surface area contributed by atoms with Crippen LogP contribution in [0.15, 0.2) is 48.5 Å². The van der Waals surface area contributed by atoms with Crippen LogP contribution in [0.1, 0.15) is 10.4 Å². The van der Waals surface area contributed by atoms with Crippen LogP contribution in [0.25, 0.3) is 0 Å². The van der Waals surface area contributed by atoms with E-state index in [2.05, 4.69) is 5.32 Å². The number of ether oxygens (including phenoxy) is 3. The molecule has 2 rings (SSSR count). The molecule has 6 nitrogen and oxygen atoms in total. The number of rotatable bonds is 6. The predicted octanol–water partition coefficient (Wildman–Crippen LogP) is 2.04. The Balaban J connectivity index is 1.95. The summed E-state index contributed by atoms with van der Waals surface area (Å²) in [6.45, 7) is -0.269. The smallest absolute Gasteiger partial charge is 0.330 e. The van der Waals surface area contributed by atoms with Gasteiger partial charge in [0.1, 0.15) is 12.3 Å². The van der Waals surface area contributed by atoms with Gasteiger partial charge in [0.25, 0.3) is 5.91 Å². The fourth-order valence-electron chi connectivity index (χ4n) is 1.94. The van der Waals surface area contributed by atoms with Gasteiger partial charge >= 0.3 is 5.97 Å². The van der Waals surface area contributed by atoms with Crippen LogP contribution in [0.4, 0.5) is 0 Å². The Morgan fingerprint density at radius 2 is 1.43 bits per heavy atom. The summed E-state index contributed by atoms with van der Waals surface area (Å²) in [6.07, 6.45) is 0. The molecule has 2 aromatic carbocycles. The molecule has 23 heavy (non-hydrogen) atoms. The molecule has 6 heteroatoms. The van der Waals surface area contributed by atoms with E-state index in [1.54, 1.807) is 48.5 Å². The molecule has 0 spiro atoms. The van der Waals surface area contributed by atoms with Gasteiger partial charge < -0.3 is 19.5 Å². The van der Waals surface area contributed by atoms with E-state index in [-0.39, 0.29) is 6.54 Å². The Bertz CT molecular complexity index is 699. The summed E-state index contributed by atoms with van der Waals surface area (Å²) < 4.78 is 15.4. The third-order valence-corrected chi connectivity index (χ3v) is 3.04. The number of nitrogens with one attached hydrogen (secondary N) is 1. The van der Waals surface area contributed by atoms with Crippen LogP contribution in [0.2, 0.25) is 0 Å². The first-order valence-electron chi connectivity index (χ1n) is 6.90. The summed E-state index contributed by atoms with van der Waals surface area (Å²) in [5.41, 5.74) is 0.347. The molecule has 0 unspecified atom stereocenters. The van der Waals surface area contributed by atoms with E-state index in [0.29, 0.717) is 22.8 Å². The van der Waals surface area contributed by atoms with Gasteiger partial charge in [-0.25, -0.2) is 4.79 Å². The number of carbonyl (C=O) groups is 2. The van der Waals surface area contributed by atoms with Gasteiger partial charge in [0.2, 0.25) is 0 Å². The van der Waals surface area contributed by atoms with Gasteiger partial charge in [0.15, 0.2) is 11.5 Å². The number of carbonyl (C=O) groups excluding carboxylic acids is 2. The number of methoxy groups -OCH3 is 2. The third kappa shape index (κ3) is 4.23. The Hall–Kier alpha value is -3.02. The number of para-hydroxylation sites is 3. The molecule has 0 atom stereocenters. The Labute approximate surface area is 134 Å². The SMILES string of the molecule is COc1ccccc1OC(=O)CNC(=O)c1ccccc1OC. The molecule has 0 saturated carbocycles. The highest BCUT2D eigenvalue weighted by molar-refractivity contribution is 5.98. The first-order valence-corrected chi connectivity index (χ1v) is 6.90. The average molecular weight is 315 g/mol. The lowest BCUT2D eigenvalue weighted by molar-refractivity contribution is -0.133. The number of benzene rings is 2. The van der Waals surface area contributed by atoms with Crippen LogP contribution >= 0.6 is 0 Å². The zero-order chi connectivity index (χ0) is 16.7. The maximum absolute atomic E-state index is 12.1. The van der Waals surface area contributed by atoms with Crippen LogP contribution in [-0.2, 0) is 4.79 Å². The normalized spacial score (nSPS) is 9.83. The highest BCUT2D eigenvalue weighted by Gasteiger charge is 2.14. The van der Waals surface area contributed by atoms with E-state index in [9.17, 15) is 9.59 Å². The maximum atomic E-state index is 12.1. The molecule has 0 radical (unpaired) electrons. The van der Waals surface area contributed by atoms with Crippen molar-refractivity contribution < 1.29 is 23.8 Å². The molecule has 0 aliphatic heterocycles. The highest BCUT2D eigenvalue weighted by atomic mass is 16.6. The Morgan fingerprint density at radius 1 is 0.870 bits per heavy atom. The van der Waals surface area contributed by atoms with Crippen molar-refractivity contribution >= 4 is 11.9 Å². The van der Waals surface area contributed by atoms with E-state index in [1.165, 1.54) is 14.2 Å². The Morgan fingerprint density at radius 3 is 2.09 bits per heavy atom. The van der Waals surface area contributed by atoms with Gasteiger partial charge in [-0.05, 0) is 24.3 Å². The fourth-order valence-corrected chi connectivity index (χ4v) is 1.94. The average Bonchev–Trinajstić information content (AvgIpc) is 2.60. The zero-order valence-electron chi connectivity index (χ0n) is 12.9.